The van der Waals surface area contributed by atoms with Gasteiger partial charge >= 0.3 is 12.2 Å². The van der Waals surface area contributed by atoms with Gasteiger partial charge in [0.1, 0.15) is 0 Å². The lowest BCUT2D eigenvalue weighted by atomic mass is 10.2. The summed E-state index contributed by atoms with van der Waals surface area (Å²) in [6, 6.07) is 3.24. The summed E-state index contributed by atoms with van der Waals surface area (Å²) in [6.45, 7) is 2.49. The number of nitrogens with one attached hydrogen (secondary N) is 1. The van der Waals surface area contributed by atoms with Crippen molar-refractivity contribution in [3.63, 3.8) is 0 Å². The fraction of sp³-hybridized carbons (Fsp3) is 0.500. The van der Waals surface area contributed by atoms with Gasteiger partial charge in [0.25, 0.3) is 0 Å². The Morgan fingerprint density at radius 2 is 2.00 bits per heavy atom. The molecule has 1 aliphatic rings. The van der Waals surface area contributed by atoms with Crippen molar-refractivity contribution in [2.45, 2.75) is 25.2 Å². The molecule has 0 spiro atoms. The number of urea groups is 1. The third kappa shape index (κ3) is 3.69. The summed E-state index contributed by atoms with van der Waals surface area (Å²) in [5.74, 6) is 0. The number of nitrogens with zero attached hydrogens (tertiary/aromatic N) is 1. The van der Waals surface area contributed by atoms with Gasteiger partial charge in [-0.05, 0) is 31.2 Å². The van der Waals surface area contributed by atoms with Crippen molar-refractivity contribution < 1.29 is 27.8 Å². The van der Waals surface area contributed by atoms with E-state index >= 15 is 0 Å². The molecule has 2 N–H and O–H groups in total. The standard InChI is InChI=1S/C14H17F3N2O3/c1-2-19(11-7-22-8-12(11)20)13(21)18-10-5-3-9(4-6-10)14(15,16)17/h3-6,11-12,20H,2,7-8H2,1H3,(H,18,21). The van der Waals surface area contributed by atoms with Gasteiger partial charge in [0, 0.05) is 12.2 Å². The summed E-state index contributed by atoms with van der Waals surface area (Å²) in [5.41, 5.74) is -0.526. The fourth-order valence-electron chi connectivity index (χ4n) is 2.30. The monoisotopic (exact) mass is 318 g/mol. The van der Waals surface area contributed by atoms with Crippen LogP contribution in [0.15, 0.2) is 24.3 Å². The van der Waals surface area contributed by atoms with Gasteiger partial charge in [0.05, 0.1) is 30.9 Å². The number of aliphatic hydroxyl groups is 1. The van der Waals surface area contributed by atoms with Gasteiger partial charge < -0.3 is 20.1 Å². The number of ether oxygens (including phenoxy) is 1. The molecule has 1 aliphatic heterocycles. The Kier molecular flexibility index (Phi) is 4.92. The predicted molar refractivity (Wildman–Crippen MR) is 73.5 cm³/mol. The summed E-state index contributed by atoms with van der Waals surface area (Å²) in [4.78, 5) is 13.6. The number of hydrogen-bond donors (Lipinski definition) is 2. The molecule has 1 aromatic rings. The Morgan fingerprint density at radius 3 is 2.45 bits per heavy atom. The molecule has 0 aromatic heterocycles. The van der Waals surface area contributed by atoms with E-state index in [-0.39, 0.29) is 18.9 Å². The van der Waals surface area contributed by atoms with Crippen molar-refractivity contribution in [2.24, 2.45) is 0 Å². The van der Waals surface area contributed by atoms with E-state index in [1.54, 1.807) is 6.92 Å². The summed E-state index contributed by atoms with van der Waals surface area (Å²) in [6.07, 6.45) is -5.18. The summed E-state index contributed by atoms with van der Waals surface area (Å²) < 4.78 is 42.5. The predicted octanol–water partition coefficient (Wildman–Crippen LogP) is 2.32. The van der Waals surface area contributed by atoms with Crippen molar-refractivity contribution in [1.29, 1.82) is 0 Å². The van der Waals surface area contributed by atoms with Crippen LogP contribution in [0.25, 0.3) is 0 Å². The maximum Gasteiger partial charge on any atom is 0.416 e. The number of benzene rings is 1. The molecule has 2 amide bonds. The van der Waals surface area contributed by atoms with Crippen LogP contribution in [0.5, 0.6) is 0 Å². The maximum absolute atomic E-state index is 12.5. The lowest BCUT2D eigenvalue weighted by Crippen LogP contribution is -2.48. The Balaban J connectivity index is 2.04. The van der Waals surface area contributed by atoms with E-state index in [0.29, 0.717) is 6.54 Å². The highest BCUT2D eigenvalue weighted by atomic mass is 19.4. The molecule has 5 nitrogen and oxygen atoms in total. The van der Waals surface area contributed by atoms with Crippen LogP contribution in [-0.2, 0) is 10.9 Å². The first-order chi connectivity index (χ1) is 10.3. The molecule has 0 bridgehead atoms. The third-order valence-electron chi connectivity index (χ3n) is 3.49. The zero-order valence-corrected chi connectivity index (χ0v) is 11.9. The Bertz CT molecular complexity index is 519. The number of anilines is 1. The molecule has 22 heavy (non-hydrogen) atoms. The molecule has 1 fully saturated rings. The molecule has 0 aliphatic carbocycles. The van der Waals surface area contributed by atoms with Crippen molar-refractivity contribution in [2.75, 3.05) is 25.1 Å². The van der Waals surface area contributed by atoms with E-state index in [1.165, 1.54) is 17.0 Å². The smallest absolute Gasteiger partial charge is 0.388 e. The minimum atomic E-state index is -4.41. The number of carbonyl (C=O) groups excluding carboxylic acids is 1. The molecule has 0 saturated carbocycles. The van der Waals surface area contributed by atoms with E-state index in [1.807, 2.05) is 0 Å². The lowest BCUT2D eigenvalue weighted by Gasteiger charge is -2.28. The second-order valence-electron chi connectivity index (χ2n) is 4.96. The van der Waals surface area contributed by atoms with E-state index in [0.717, 1.165) is 12.1 Å². The molecule has 122 valence electrons. The van der Waals surface area contributed by atoms with Crippen molar-refractivity contribution in [3.05, 3.63) is 29.8 Å². The number of hydrogen-bond acceptors (Lipinski definition) is 3. The first-order valence-electron chi connectivity index (χ1n) is 6.83. The number of rotatable bonds is 3. The average molecular weight is 318 g/mol. The highest BCUT2D eigenvalue weighted by molar-refractivity contribution is 5.89. The Hall–Kier alpha value is -1.80. The summed E-state index contributed by atoms with van der Waals surface area (Å²) >= 11 is 0. The molecule has 2 rings (SSSR count). The van der Waals surface area contributed by atoms with Gasteiger partial charge in [0.15, 0.2) is 0 Å². The topological polar surface area (TPSA) is 61.8 Å². The summed E-state index contributed by atoms with van der Waals surface area (Å²) in [7, 11) is 0. The van der Waals surface area contributed by atoms with E-state index in [4.69, 9.17) is 4.74 Å². The van der Waals surface area contributed by atoms with Crippen LogP contribution in [0.4, 0.5) is 23.7 Å². The molecular weight excluding hydrogens is 301 g/mol. The minimum Gasteiger partial charge on any atom is -0.388 e. The van der Waals surface area contributed by atoms with Crippen LogP contribution < -0.4 is 5.32 Å². The maximum atomic E-state index is 12.5. The first-order valence-corrected chi connectivity index (χ1v) is 6.83. The largest absolute Gasteiger partial charge is 0.416 e. The van der Waals surface area contributed by atoms with Crippen molar-refractivity contribution in [3.8, 4) is 0 Å². The van der Waals surface area contributed by atoms with Crippen LogP contribution in [0, 0.1) is 0 Å². The molecule has 2 atom stereocenters. The Morgan fingerprint density at radius 1 is 1.36 bits per heavy atom. The SMILES string of the molecule is CCN(C(=O)Nc1ccc(C(F)(F)F)cc1)C1COCC1O. The van der Waals surface area contributed by atoms with Gasteiger partial charge in [-0.2, -0.15) is 13.2 Å². The van der Waals surface area contributed by atoms with E-state index in [9.17, 15) is 23.1 Å². The lowest BCUT2D eigenvalue weighted by molar-refractivity contribution is -0.137. The molecule has 0 radical (unpaired) electrons. The quantitative estimate of drug-likeness (QED) is 0.899. The van der Waals surface area contributed by atoms with Gasteiger partial charge in [-0.25, -0.2) is 4.79 Å². The normalized spacial score (nSPS) is 21.7. The minimum absolute atomic E-state index is 0.161. The molecule has 1 saturated heterocycles. The summed E-state index contributed by atoms with van der Waals surface area (Å²) in [5, 5.41) is 12.3. The number of alkyl halides is 3. The fourth-order valence-corrected chi connectivity index (χ4v) is 2.30. The molecule has 1 aromatic carbocycles. The Labute approximate surface area is 125 Å². The number of aliphatic hydroxyl groups excluding tert-OH is 1. The molecule has 1 heterocycles. The van der Waals surface area contributed by atoms with Gasteiger partial charge in [-0.3, -0.25) is 0 Å². The second-order valence-corrected chi connectivity index (χ2v) is 4.96. The van der Waals surface area contributed by atoms with Crippen LogP contribution >= 0.6 is 0 Å². The van der Waals surface area contributed by atoms with Crippen LogP contribution in [0.2, 0.25) is 0 Å². The highest BCUT2D eigenvalue weighted by Crippen LogP contribution is 2.29. The zero-order valence-electron chi connectivity index (χ0n) is 11.9. The number of likely N-dealkylation sites (N-methyl/N-ethyl adjacent to an activating group) is 1. The van der Waals surface area contributed by atoms with Crippen molar-refractivity contribution >= 4 is 11.7 Å². The van der Waals surface area contributed by atoms with Crippen molar-refractivity contribution in [1.82, 2.24) is 4.90 Å². The van der Waals surface area contributed by atoms with E-state index in [2.05, 4.69) is 5.32 Å². The van der Waals surface area contributed by atoms with E-state index < -0.39 is 29.9 Å². The van der Waals surface area contributed by atoms with Gasteiger partial charge in [0.2, 0.25) is 0 Å². The molecule has 2 unspecified atom stereocenters. The molecular formula is C14H17F3N2O3. The number of halogens is 3. The van der Waals surface area contributed by atoms with Crippen LogP contribution in [0.1, 0.15) is 12.5 Å². The second kappa shape index (κ2) is 6.53. The van der Waals surface area contributed by atoms with Gasteiger partial charge in [-0.15, -0.1) is 0 Å². The van der Waals surface area contributed by atoms with Gasteiger partial charge in [-0.1, -0.05) is 0 Å². The third-order valence-corrected chi connectivity index (χ3v) is 3.49. The average Bonchev–Trinajstić information content (AvgIpc) is 2.85. The number of amides is 2. The number of carbonyl (C=O) groups is 1. The first kappa shape index (κ1) is 16.6. The zero-order chi connectivity index (χ0) is 16.3. The van der Waals surface area contributed by atoms with Crippen LogP contribution in [-0.4, -0.2) is 47.9 Å². The highest BCUT2D eigenvalue weighted by Gasteiger charge is 2.34. The van der Waals surface area contributed by atoms with Crippen LogP contribution in [0.3, 0.4) is 0 Å². The molecule has 8 heteroatoms.